The lowest BCUT2D eigenvalue weighted by Crippen LogP contribution is -2.45. The van der Waals surface area contributed by atoms with Crippen LogP contribution in [0.5, 0.6) is 0 Å². The van der Waals surface area contributed by atoms with Gasteiger partial charge in [-0.05, 0) is 13.3 Å². The predicted molar refractivity (Wildman–Crippen MR) is 73.6 cm³/mol. The summed E-state index contributed by atoms with van der Waals surface area (Å²) in [5.41, 5.74) is 5.79. The van der Waals surface area contributed by atoms with Crippen LogP contribution in [0, 0.1) is 6.92 Å². The van der Waals surface area contributed by atoms with Crippen LogP contribution in [0.15, 0.2) is 0 Å². The van der Waals surface area contributed by atoms with Gasteiger partial charge in [-0.1, -0.05) is 6.92 Å². The van der Waals surface area contributed by atoms with Crippen LogP contribution in [-0.4, -0.2) is 34.0 Å². The van der Waals surface area contributed by atoms with Gasteiger partial charge in [-0.2, -0.15) is 0 Å². The van der Waals surface area contributed by atoms with Crippen molar-refractivity contribution in [1.82, 2.24) is 10.3 Å². The molecule has 20 heavy (non-hydrogen) atoms. The Morgan fingerprint density at radius 3 is 2.55 bits per heavy atom. The second-order valence-electron chi connectivity index (χ2n) is 4.04. The maximum Gasteiger partial charge on any atom is 0.326 e. The first-order valence-electron chi connectivity index (χ1n) is 5.88. The number of nitrogens with zero attached hydrogens (tertiary/aromatic N) is 1. The number of thiazole rings is 1. The molecule has 0 fully saturated rings. The van der Waals surface area contributed by atoms with E-state index in [1.54, 1.807) is 0 Å². The number of nitrogens with two attached hydrogens (primary N) is 1. The largest absolute Gasteiger partial charge is 0.480 e. The fourth-order valence-electron chi connectivity index (χ4n) is 1.50. The topological polar surface area (TPSA) is 134 Å². The maximum atomic E-state index is 11.6. The molecule has 0 aromatic carbocycles. The number of primary amides is 1. The molecule has 5 N–H and O–H groups in total. The minimum Gasteiger partial charge on any atom is -0.480 e. The third-order valence-electron chi connectivity index (χ3n) is 2.46. The summed E-state index contributed by atoms with van der Waals surface area (Å²) >= 11 is 1.29. The molecule has 8 nitrogen and oxygen atoms in total. The minimum absolute atomic E-state index is 0.375. The molecule has 1 atom stereocenters. The second-order valence-corrected chi connectivity index (χ2v) is 5.24. The Hall–Kier alpha value is -2.16. The lowest BCUT2D eigenvalue weighted by molar-refractivity contribution is -0.140. The lowest BCUT2D eigenvalue weighted by atomic mass is 10.2. The van der Waals surface area contributed by atoms with Gasteiger partial charge in [-0.3, -0.25) is 10.1 Å². The van der Waals surface area contributed by atoms with Crippen LogP contribution in [0.1, 0.15) is 23.9 Å². The fraction of sp³-hybridized carbons (Fsp3) is 0.455. The van der Waals surface area contributed by atoms with E-state index >= 15 is 0 Å². The Morgan fingerprint density at radius 1 is 1.45 bits per heavy atom. The highest BCUT2D eigenvalue weighted by molar-refractivity contribution is 7.15. The molecule has 0 bridgehead atoms. The van der Waals surface area contributed by atoms with Crippen molar-refractivity contribution in [2.75, 3.05) is 5.32 Å². The number of aliphatic carboxylic acids is 1. The quantitative estimate of drug-likeness (QED) is 0.605. The summed E-state index contributed by atoms with van der Waals surface area (Å²) in [6.07, 6.45) is 0.269. The first kappa shape index (κ1) is 15.9. The molecule has 1 aromatic heterocycles. The lowest BCUT2D eigenvalue weighted by Gasteiger charge is -2.12. The number of urea groups is 1. The van der Waals surface area contributed by atoms with Gasteiger partial charge >= 0.3 is 12.0 Å². The molecule has 9 heteroatoms. The van der Waals surface area contributed by atoms with E-state index in [9.17, 15) is 14.4 Å². The van der Waals surface area contributed by atoms with Crippen molar-refractivity contribution in [3.05, 3.63) is 10.6 Å². The van der Waals surface area contributed by atoms with E-state index in [1.165, 1.54) is 11.3 Å². The number of carboxylic acid groups (broad SMARTS) is 1. The average Bonchev–Trinajstić information content (AvgIpc) is 2.67. The van der Waals surface area contributed by atoms with Crippen molar-refractivity contribution in [2.45, 2.75) is 32.7 Å². The SMILES string of the molecule is CCc1nc(NC(=O)N[C@H](CC(N)=O)C(=O)O)sc1C. The van der Waals surface area contributed by atoms with E-state index in [1.807, 2.05) is 13.8 Å². The molecule has 110 valence electrons. The van der Waals surface area contributed by atoms with Crippen molar-refractivity contribution in [3.63, 3.8) is 0 Å². The van der Waals surface area contributed by atoms with Crippen LogP contribution >= 0.6 is 11.3 Å². The third-order valence-corrected chi connectivity index (χ3v) is 3.39. The summed E-state index contributed by atoms with van der Waals surface area (Å²) in [5, 5.41) is 13.8. The number of aryl methyl sites for hydroxylation is 2. The van der Waals surface area contributed by atoms with Gasteiger partial charge in [0.25, 0.3) is 0 Å². The third kappa shape index (κ3) is 4.50. The molecule has 0 unspecified atom stereocenters. The van der Waals surface area contributed by atoms with Crippen LogP contribution in [-0.2, 0) is 16.0 Å². The monoisotopic (exact) mass is 300 g/mol. The van der Waals surface area contributed by atoms with Crippen molar-refractivity contribution in [2.24, 2.45) is 5.73 Å². The fourth-order valence-corrected chi connectivity index (χ4v) is 2.40. The van der Waals surface area contributed by atoms with Gasteiger partial charge in [0, 0.05) is 4.88 Å². The Morgan fingerprint density at radius 2 is 2.10 bits per heavy atom. The number of carbonyl (C=O) groups excluding carboxylic acids is 2. The van der Waals surface area contributed by atoms with Gasteiger partial charge in [-0.15, -0.1) is 11.3 Å². The standard InChI is InChI=1S/C11H16N4O4S/c1-3-6-5(2)20-11(14-6)15-10(19)13-7(9(17)18)4-8(12)16/h7H,3-4H2,1-2H3,(H2,12,16)(H,17,18)(H2,13,14,15,19)/t7-/m1/s1. The van der Waals surface area contributed by atoms with Gasteiger partial charge in [0.2, 0.25) is 5.91 Å². The average molecular weight is 300 g/mol. The van der Waals surface area contributed by atoms with E-state index in [4.69, 9.17) is 10.8 Å². The number of anilines is 1. The molecule has 0 spiro atoms. The molecule has 1 rings (SSSR count). The number of hydrogen-bond donors (Lipinski definition) is 4. The first-order valence-corrected chi connectivity index (χ1v) is 6.70. The number of hydrogen-bond acceptors (Lipinski definition) is 5. The summed E-state index contributed by atoms with van der Waals surface area (Å²) in [6.45, 7) is 3.83. The van der Waals surface area contributed by atoms with Gasteiger partial charge in [-0.25, -0.2) is 14.6 Å². The highest BCUT2D eigenvalue weighted by Gasteiger charge is 2.22. The smallest absolute Gasteiger partial charge is 0.326 e. The Kier molecular flexibility index (Phi) is 5.44. The van der Waals surface area contributed by atoms with E-state index in [-0.39, 0.29) is 0 Å². The molecule has 0 saturated carbocycles. The maximum absolute atomic E-state index is 11.6. The number of rotatable bonds is 6. The highest BCUT2D eigenvalue weighted by Crippen LogP contribution is 2.22. The van der Waals surface area contributed by atoms with Gasteiger partial charge in [0.15, 0.2) is 5.13 Å². The van der Waals surface area contributed by atoms with Crippen LogP contribution < -0.4 is 16.4 Å². The summed E-state index contributed by atoms with van der Waals surface area (Å²) < 4.78 is 0. The Bertz CT molecular complexity index is 528. The van der Waals surface area contributed by atoms with Crippen molar-refractivity contribution >= 4 is 34.4 Å². The molecule has 1 heterocycles. The summed E-state index contributed by atoms with van der Waals surface area (Å²) in [5.74, 6) is -2.14. The van der Waals surface area contributed by atoms with E-state index in [2.05, 4.69) is 15.6 Å². The van der Waals surface area contributed by atoms with E-state index < -0.39 is 30.4 Å². The number of aromatic nitrogens is 1. The zero-order valence-electron chi connectivity index (χ0n) is 11.1. The van der Waals surface area contributed by atoms with Crippen LogP contribution in [0.4, 0.5) is 9.93 Å². The molecule has 0 aliphatic heterocycles. The molecular formula is C11H16N4O4S. The normalized spacial score (nSPS) is 11.7. The summed E-state index contributed by atoms with van der Waals surface area (Å²) in [4.78, 5) is 38.4. The zero-order chi connectivity index (χ0) is 15.3. The summed E-state index contributed by atoms with van der Waals surface area (Å²) in [6, 6.07) is -2.10. The second kappa shape index (κ2) is 6.85. The summed E-state index contributed by atoms with van der Waals surface area (Å²) in [7, 11) is 0. The van der Waals surface area contributed by atoms with Crippen LogP contribution in [0.3, 0.4) is 0 Å². The molecular weight excluding hydrogens is 284 g/mol. The number of carboxylic acids is 1. The van der Waals surface area contributed by atoms with Crippen LogP contribution in [0.25, 0.3) is 0 Å². The first-order chi connectivity index (χ1) is 9.33. The van der Waals surface area contributed by atoms with Crippen molar-refractivity contribution in [3.8, 4) is 0 Å². The highest BCUT2D eigenvalue weighted by atomic mass is 32.1. The number of amides is 3. The zero-order valence-corrected chi connectivity index (χ0v) is 11.9. The minimum atomic E-state index is -1.36. The molecule has 1 aromatic rings. The molecule has 0 radical (unpaired) electrons. The Labute approximate surface area is 119 Å². The van der Waals surface area contributed by atoms with Gasteiger partial charge < -0.3 is 16.2 Å². The van der Waals surface area contributed by atoms with Gasteiger partial charge in [0.05, 0.1) is 12.1 Å². The Balaban J connectivity index is 2.65. The number of nitrogens with one attached hydrogen (secondary N) is 2. The van der Waals surface area contributed by atoms with E-state index in [0.717, 1.165) is 17.0 Å². The molecule has 3 amide bonds. The van der Waals surface area contributed by atoms with Crippen LogP contribution in [0.2, 0.25) is 0 Å². The molecule has 0 aliphatic rings. The predicted octanol–water partition coefficient (Wildman–Crippen LogP) is 0.464. The number of carbonyl (C=O) groups is 3. The molecule has 0 saturated heterocycles. The van der Waals surface area contributed by atoms with Crippen molar-refractivity contribution < 1.29 is 19.5 Å². The van der Waals surface area contributed by atoms with Crippen molar-refractivity contribution in [1.29, 1.82) is 0 Å². The van der Waals surface area contributed by atoms with E-state index in [0.29, 0.717) is 5.13 Å². The molecule has 0 aliphatic carbocycles. The van der Waals surface area contributed by atoms with Gasteiger partial charge in [0.1, 0.15) is 6.04 Å².